The third kappa shape index (κ3) is 3.58. The lowest BCUT2D eigenvalue weighted by molar-refractivity contribution is -0.138. The van der Waals surface area contributed by atoms with Gasteiger partial charge < -0.3 is 10.2 Å². The first-order chi connectivity index (χ1) is 12.5. The Hall–Kier alpha value is -1.27. The average molecular weight is 367 g/mol. The Morgan fingerprint density at radius 1 is 1.00 bits per heavy atom. The minimum atomic E-state index is -4.29. The van der Waals surface area contributed by atoms with Crippen LogP contribution in [0.4, 0.5) is 18.9 Å². The van der Waals surface area contributed by atoms with E-state index in [9.17, 15) is 13.2 Å². The van der Waals surface area contributed by atoms with Gasteiger partial charge in [-0.15, -0.1) is 0 Å². The summed E-state index contributed by atoms with van der Waals surface area (Å²) < 4.78 is 41.1. The summed E-state index contributed by atoms with van der Waals surface area (Å²) in [6.45, 7) is 6.05. The van der Waals surface area contributed by atoms with Crippen LogP contribution in [0.2, 0.25) is 0 Å². The first-order valence-corrected chi connectivity index (χ1v) is 9.84. The molecule has 3 aliphatic rings. The van der Waals surface area contributed by atoms with Crippen LogP contribution in [-0.2, 0) is 12.7 Å². The maximum atomic E-state index is 13.7. The van der Waals surface area contributed by atoms with E-state index in [4.69, 9.17) is 0 Å². The van der Waals surface area contributed by atoms with Crippen molar-refractivity contribution in [3.05, 3.63) is 29.3 Å². The van der Waals surface area contributed by atoms with Crippen LogP contribution in [0.25, 0.3) is 0 Å². The third-order valence-corrected chi connectivity index (χ3v) is 6.47. The molecular weight excluding hydrogens is 339 g/mol. The fourth-order valence-corrected chi connectivity index (χ4v) is 5.01. The van der Waals surface area contributed by atoms with E-state index >= 15 is 0 Å². The molecule has 0 bridgehead atoms. The third-order valence-electron chi connectivity index (χ3n) is 6.47. The molecule has 0 unspecified atom stereocenters. The molecule has 0 amide bonds. The molecule has 4 rings (SSSR count). The zero-order chi connectivity index (χ0) is 18.2. The van der Waals surface area contributed by atoms with Crippen molar-refractivity contribution in [3.8, 4) is 0 Å². The first kappa shape index (κ1) is 18.1. The van der Waals surface area contributed by atoms with Crippen molar-refractivity contribution in [3.63, 3.8) is 0 Å². The molecule has 3 nitrogen and oxygen atoms in total. The molecule has 26 heavy (non-hydrogen) atoms. The number of anilines is 1. The molecule has 3 saturated heterocycles. The van der Waals surface area contributed by atoms with Crippen LogP contribution in [-0.4, -0.2) is 44.2 Å². The van der Waals surface area contributed by atoms with Crippen molar-refractivity contribution in [2.75, 3.05) is 44.2 Å². The number of hydrogen-bond donors (Lipinski definition) is 1. The molecule has 6 heteroatoms. The van der Waals surface area contributed by atoms with Crippen LogP contribution in [0, 0.1) is 5.41 Å². The zero-order valence-corrected chi connectivity index (χ0v) is 15.2. The lowest BCUT2D eigenvalue weighted by Crippen LogP contribution is -2.38. The number of likely N-dealkylation sites (tertiary alicyclic amines) is 1. The second kappa shape index (κ2) is 7.04. The summed E-state index contributed by atoms with van der Waals surface area (Å²) in [5.74, 6) is 0. The first-order valence-electron chi connectivity index (χ1n) is 9.84. The van der Waals surface area contributed by atoms with Crippen molar-refractivity contribution in [1.82, 2.24) is 10.2 Å². The predicted molar refractivity (Wildman–Crippen MR) is 97.3 cm³/mol. The number of alkyl halides is 3. The summed E-state index contributed by atoms with van der Waals surface area (Å²) in [6, 6.07) is 4.70. The Balaban J connectivity index is 1.60. The van der Waals surface area contributed by atoms with Gasteiger partial charge in [-0.25, -0.2) is 0 Å². The number of halogens is 3. The quantitative estimate of drug-likeness (QED) is 0.875. The van der Waals surface area contributed by atoms with E-state index in [1.165, 1.54) is 6.07 Å². The van der Waals surface area contributed by atoms with Crippen LogP contribution in [0.5, 0.6) is 0 Å². The van der Waals surface area contributed by atoms with E-state index in [0.29, 0.717) is 17.5 Å². The van der Waals surface area contributed by atoms with E-state index in [1.54, 1.807) is 6.07 Å². The summed E-state index contributed by atoms with van der Waals surface area (Å²) in [5.41, 5.74) is 1.14. The van der Waals surface area contributed by atoms with Crippen LogP contribution in [0.3, 0.4) is 0 Å². The molecule has 144 valence electrons. The molecule has 0 atom stereocenters. The van der Waals surface area contributed by atoms with Gasteiger partial charge in [0.15, 0.2) is 0 Å². The molecular formula is C20H28F3N3. The highest BCUT2D eigenvalue weighted by Crippen LogP contribution is 2.42. The van der Waals surface area contributed by atoms with Gasteiger partial charge in [-0.1, -0.05) is 6.07 Å². The second-order valence-corrected chi connectivity index (χ2v) is 8.21. The summed E-state index contributed by atoms with van der Waals surface area (Å²) in [5, 5.41) is 3.40. The zero-order valence-electron chi connectivity index (χ0n) is 15.2. The smallest absolute Gasteiger partial charge is 0.371 e. The molecule has 1 aromatic carbocycles. The summed E-state index contributed by atoms with van der Waals surface area (Å²) in [7, 11) is 0. The molecule has 1 spiro atoms. The van der Waals surface area contributed by atoms with Crippen molar-refractivity contribution < 1.29 is 13.2 Å². The van der Waals surface area contributed by atoms with Crippen molar-refractivity contribution >= 4 is 5.69 Å². The molecule has 1 N–H and O–H groups in total. The highest BCUT2D eigenvalue weighted by molar-refractivity contribution is 5.58. The standard InChI is InChI=1S/C20H28F3N3/c21-20(22,23)17-4-3-5-18(26-11-1-2-12-26)16(17)14-25-13-8-19(15-25)6-9-24-10-7-19/h3-5,24H,1-2,6-15H2. The largest absolute Gasteiger partial charge is 0.416 e. The number of nitrogens with one attached hydrogen (secondary N) is 1. The van der Waals surface area contributed by atoms with Gasteiger partial charge in [0.1, 0.15) is 0 Å². The maximum absolute atomic E-state index is 13.7. The van der Waals surface area contributed by atoms with Gasteiger partial charge in [0.05, 0.1) is 5.56 Å². The van der Waals surface area contributed by atoms with Crippen molar-refractivity contribution in [1.29, 1.82) is 0 Å². The Bertz CT molecular complexity index is 632. The highest BCUT2D eigenvalue weighted by Gasteiger charge is 2.41. The number of benzene rings is 1. The predicted octanol–water partition coefficient (Wildman–Crippen LogP) is 3.88. The lowest BCUT2D eigenvalue weighted by atomic mass is 9.78. The summed E-state index contributed by atoms with van der Waals surface area (Å²) in [4.78, 5) is 4.40. The Labute approximate surface area is 153 Å². The van der Waals surface area contributed by atoms with E-state index < -0.39 is 11.7 Å². The Morgan fingerprint density at radius 3 is 2.42 bits per heavy atom. The van der Waals surface area contributed by atoms with Crippen LogP contribution < -0.4 is 10.2 Å². The molecule has 3 aliphatic heterocycles. The van der Waals surface area contributed by atoms with Crippen LogP contribution >= 0.6 is 0 Å². The number of hydrogen-bond acceptors (Lipinski definition) is 3. The maximum Gasteiger partial charge on any atom is 0.416 e. The molecule has 0 saturated carbocycles. The van der Waals surface area contributed by atoms with Gasteiger partial charge in [-0.3, -0.25) is 4.90 Å². The van der Waals surface area contributed by atoms with Crippen LogP contribution in [0.1, 0.15) is 43.2 Å². The van der Waals surface area contributed by atoms with Crippen molar-refractivity contribution in [2.24, 2.45) is 5.41 Å². The fourth-order valence-electron chi connectivity index (χ4n) is 5.01. The Morgan fingerprint density at radius 2 is 1.73 bits per heavy atom. The minimum absolute atomic E-state index is 0.312. The van der Waals surface area contributed by atoms with E-state index in [0.717, 1.165) is 77.1 Å². The summed E-state index contributed by atoms with van der Waals surface area (Å²) >= 11 is 0. The molecule has 0 radical (unpaired) electrons. The van der Waals surface area contributed by atoms with E-state index in [1.807, 2.05) is 6.07 Å². The topological polar surface area (TPSA) is 18.5 Å². The van der Waals surface area contributed by atoms with E-state index in [-0.39, 0.29) is 0 Å². The molecule has 0 aliphatic carbocycles. The average Bonchev–Trinajstić information content (AvgIpc) is 3.26. The van der Waals surface area contributed by atoms with Gasteiger partial charge >= 0.3 is 6.18 Å². The lowest BCUT2D eigenvalue weighted by Gasteiger charge is -2.34. The number of piperidine rings is 1. The SMILES string of the molecule is FC(F)(F)c1cccc(N2CCCC2)c1CN1CCC2(CCNCC2)C1. The second-order valence-electron chi connectivity index (χ2n) is 8.21. The minimum Gasteiger partial charge on any atom is -0.371 e. The normalized spacial score (nSPS) is 23.9. The van der Waals surface area contributed by atoms with Crippen LogP contribution in [0.15, 0.2) is 18.2 Å². The van der Waals surface area contributed by atoms with Gasteiger partial charge in [0, 0.05) is 37.4 Å². The fraction of sp³-hybridized carbons (Fsp3) is 0.700. The van der Waals surface area contributed by atoms with Crippen molar-refractivity contribution in [2.45, 2.75) is 44.8 Å². The highest BCUT2D eigenvalue weighted by atomic mass is 19.4. The molecule has 0 aromatic heterocycles. The Kier molecular flexibility index (Phi) is 4.90. The number of rotatable bonds is 3. The molecule has 1 aromatic rings. The van der Waals surface area contributed by atoms with Gasteiger partial charge in [-0.05, 0) is 69.3 Å². The monoisotopic (exact) mass is 367 g/mol. The van der Waals surface area contributed by atoms with Gasteiger partial charge in [0.25, 0.3) is 0 Å². The van der Waals surface area contributed by atoms with Gasteiger partial charge in [0.2, 0.25) is 0 Å². The van der Waals surface area contributed by atoms with E-state index in [2.05, 4.69) is 15.1 Å². The number of nitrogens with zero attached hydrogens (tertiary/aromatic N) is 2. The van der Waals surface area contributed by atoms with Gasteiger partial charge in [-0.2, -0.15) is 13.2 Å². The molecule has 3 fully saturated rings. The summed E-state index contributed by atoms with van der Waals surface area (Å²) in [6.07, 6.45) is 1.23. The molecule has 3 heterocycles.